The van der Waals surface area contributed by atoms with Gasteiger partial charge in [0.15, 0.2) is 0 Å². The Hall–Kier alpha value is -1.32. The van der Waals surface area contributed by atoms with Gasteiger partial charge in [-0.2, -0.15) is 5.10 Å². The third kappa shape index (κ3) is 4.04. The molecule has 0 fully saturated rings. The van der Waals surface area contributed by atoms with Gasteiger partial charge < -0.3 is 5.32 Å². The molecule has 0 aromatic carbocycles. The lowest BCUT2D eigenvalue weighted by molar-refractivity contribution is -0.122. The van der Waals surface area contributed by atoms with E-state index < -0.39 is 0 Å². The molecule has 0 atom stereocenters. The van der Waals surface area contributed by atoms with Crippen molar-refractivity contribution in [2.24, 2.45) is 12.5 Å². The lowest BCUT2D eigenvalue weighted by Gasteiger charge is -2.17. The number of nitrogens with zero attached hydrogens (tertiary/aromatic N) is 2. The van der Waals surface area contributed by atoms with E-state index in [0.717, 1.165) is 11.3 Å². The van der Waals surface area contributed by atoms with Crippen molar-refractivity contribution in [3.05, 3.63) is 17.5 Å². The summed E-state index contributed by atoms with van der Waals surface area (Å²) in [4.78, 5) is 11.6. The molecule has 4 nitrogen and oxygen atoms in total. The van der Waals surface area contributed by atoms with Gasteiger partial charge in [-0.3, -0.25) is 9.48 Å². The lowest BCUT2D eigenvalue weighted by Crippen LogP contribution is -2.27. The molecule has 1 heterocycles. The molecule has 1 N–H and O–H groups in total. The summed E-state index contributed by atoms with van der Waals surface area (Å²) in [6.45, 7) is 8.69. The molecule has 0 radical (unpaired) electrons. The van der Waals surface area contributed by atoms with E-state index in [9.17, 15) is 4.79 Å². The van der Waals surface area contributed by atoms with Gasteiger partial charge in [0.05, 0.1) is 5.69 Å². The van der Waals surface area contributed by atoms with Crippen molar-refractivity contribution in [2.75, 3.05) is 0 Å². The van der Waals surface area contributed by atoms with Crippen LogP contribution in [0.15, 0.2) is 6.20 Å². The largest absolute Gasteiger partial charge is 0.352 e. The molecule has 1 aromatic heterocycles. The fourth-order valence-electron chi connectivity index (χ4n) is 1.56. The minimum atomic E-state index is 0.0358. The third-order valence-electron chi connectivity index (χ3n) is 2.28. The zero-order valence-electron chi connectivity index (χ0n) is 10.8. The van der Waals surface area contributed by atoms with Crippen molar-refractivity contribution in [2.45, 2.75) is 40.7 Å². The predicted molar refractivity (Wildman–Crippen MR) is 63.9 cm³/mol. The van der Waals surface area contributed by atoms with Crippen LogP contribution in [-0.4, -0.2) is 15.7 Å². The Morgan fingerprint density at radius 2 is 2.12 bits per heavy atom. The molecule has 0 saturated heterocycles. The number of aromatic nitrogens is 2. The van der Waals surface area contributed by atoms with Gasteiger partial charge >= 0.3 is 0 Å². The third-order valence-corrected chi connectivity index (χ3v) is 2.28. The maximum Gasteiger partial charge on any atom is 0.220 e. The van der Waals surface area contributed by atoms with Crippen molar-refractivity contribution in [1.82, 2.24) is 15.1 Å². The summed E-state index contributed by atoms with van der Waals surface area (Å²) in [6.07, 6.45) is 2.49. The highest BCUT2D eigenvalue weighted by molar-refractivity contribution is 5.76. The molecule has 4 heteroatoms. The van der Waals surface area contributed by atoms with E-state index in [-0.39, 0.29) is 11.3 Å². The van der Waals surface area contributed by atoms with E-state index in [1.165, 1.54) is 0 Å². The van der Waals surface area contributed by atoms with Crippen molar-refractivity contribution in [1.29, 1.82) is 0 Å². The molecule has 1 rings (SSSR count). The van der Waals surface area contributed by atoms with E-state index in [1.807, 2.05) is 20.2 Å². The average molecular weight is 223 g/mol. The van der Waals surface area contributed by atoms with Crippen molar-refractivity contribution in [3.63, 3.8) is 0 Å². The highest BCUT2D eigenvalue weighted by Crippen LogP contribution is 2.17. The molecule has 0 aliphatic rings. The molecule has 16 heavy (non-hydrogen) atoms. The minimum Gasteiger partial charge on any atom is -0.352 e. The number of carbonyl (C=O) groups is 1. The quantitative estimate of drug-likeness (QED) is 0.849. The van der Waals surface area contributed by atoms with Crippen LogP contribution < -0.4 is 5.32 Å². The van der Waals surface area contributed by atoms with Crippen LogP contribution in [-0.2, 0) is 18.4 Å². The lowest BCUT2D eigenvalue weighted by atomic mass is 9.92. The van der Waals surface area contributed by atoms with Crippen molar-refractivity contribution < 1.29 is 4.79 Å². The summed E-state index contributed by atoms with van der Waals surface area (Å²) in [6, 6.07) is 0. The Balaban J connectivity index is 2.46. The minimum absolute atomic E-state index is 0.0358. The standard InChI is InChI=1S/C12H21N3O/c1-9-10(8-15(5)14-9)7-13-11(16)6-12(2,3)4/h8H,6-7H2,1-5H3,(H,13,16). The van der Waals surface area contributed by atoms with Crippen LogP contribution in [0.5, 0.6) is 0 Å². The zero-order chi connectivity index (χ0) is 12.3. The molecule has 0 bridgehead atoms. The Morgan fingerprint density at radius 3 is 2.56 bits per heavy atom. The normalized spacial score (nSPS) is 11.6. The molecule has 90 valence electrons. The maximum absolute atomic E-state index is 11.6. The number of nitrogens with one attached hydrogen (secondary N) is 1. The second kappa shape index (κ2) is 4.68. The highest BCUT2D eigenvalue weighted by Gasteiger charge is 2.15. The first kappa shape index (κ1) is 12.7. The summed E-state index contributed by atoms with van der Waals surface area (Å²) >= 11 is 0. The van der Waals surface area contributed by atoms with Crippen LogP contribution in [0, 0.1) is 12.3 Å². The molecule has 0 spiro atoms. The molecular weight excluding hydrogens is 202 g/mol. The van der Waals surface area contributed by atoms with Gasteiger partial charge in [-0.25, -0.2) is 0 Å². The molecule has 0 saturated carbocycles. The van der Waals surface area contributed by atoms with Gasteiger partial charge in [0.25, 0.3) is 0 Å². The number of amides is 1. The maximum atomic E-state index is 11.6. The molecule has 0 unspecified atom stereocenters. The van der Waals surface area contributed by atoms with Crippen LogP contribution in [0.1, 0.15) is 38.4 Å². The second-order valence-electron chi connectivity index (χ2n) is 5.43. The monoisotopic (exact) mass is 223 g/mol. The summed E-state index contributed by atoms with van der Waals surface area (Å²) in [5, 5.41) is 7.15. The molecule has 1 aromatic rings. The topological polar surface area (TPSA) is 46.9 Å². The van der Waals surface area contributed by atoms with Gasteiger partial charge in [0, 0.05) is 31.8 Å². The van der Waals surface area contributed by atoms with Crippen LogP contribution in [0.4, 0.5) is 0 Å². The van der Waals surface area contributed by atoms with Gasteiger partial charge in [-0.15, -0.1) is 0 Å². The number of rotatable bonds is 3. The van der Waals surface area contributed by atoms with Gasteiger partial charge in [-0.1, -0.05) is 20.8 Å². The number of hydrogen-bond donors (Lipinski definition) is 1. The Bertz CT molecular complexity index is 374. The van der Waals surface area contributed by atoms with Gasteiger partial charge in [-0.05, 0) is 12.3 Å². The first-order valence-electron chi connectivity index (χ1n) is 5.54. The summed E-state index contributed by atoms with van der Waals surface area (Å²) in [5.41, 5.74) is 2.08. The fraction of sp³-hybridized carbons (Fsp3) is 0.667. The van der Waals surface area contributed by atoms with E-state index in [0.29, 0.717) is 13.0 Å². The predicted octanol–water partition coefficient (Wildman–Crippen LogP) is 1.78. The average Bonchev–Trinajstić information content (AvgIpc) is 2.38. The fourth-order valence-corrected chi connectivity index (χ4v) is 1.56. The van der Waals surface area contributed by atoms with E-state index >= 15 is 0 Å². The first-order chi connectivity index (χ1) is 7.28. The zero-order valence-corrected chi connectivity index (χ0v) is 10.8. The molecular formula is C12H21N3O. The van der Waals surface area contributed by atoms with E-state index in [4.69, 9.17) is 0 Å². The van der Waals surface area contributed by atoms with Crippen molar-refractivity contribution >= 4 is 5.91 Å². The molecule has 1 amide bonds. The Kier molecular flexibility index (Phi) is 3.73. The van der Waals surface area contributed by atoms with Crippen molar-refractivity contribution in [3.8, 4) is 0 Å². The van der Waals surface area contributed by atoms with Crippen LogP contribution in [0.2, 0.25) is 0 Å². The van der Waals surface area contributed by atoms with Gasteiger partial charge in [0.1, 0.15) is 0 Å². The second-order valence-corrected chi connectivity index (χ2v) is 5.43. The van der Waals surface area contributed by atoms with Crippen LogP contribution in [0.25, 0.3) is 0 Å². The summed E-state index contributed by atoms with van der Waals surface area (Å²) < 4.78 is 1.76. The molecule has 0 aliphatic carbocycles. The Labute approximate surface area is 97.0 Å². The van der Waals surface area contributed by atoms with E-state index in [1.54, 1.807) is 4.68 Å². The SMILES string of the molecule is Cc1nn(C)cc1CNC(=O)CC(C)(C)C. The number of aryl methyl sites for hydroxylation is 2. The highest BCUT2D eigenvalue weighted by atomic mass is 16.1. The Morgan fingerprint density at radius 1 is 1.50 bits per heavy atom. The smallest absolute Gasteiger partial charge is 0.220 e. The van der Waals surface area contributed by atoms with Gasteiger partial charge in [0.2, 0.25) is 5.91 Å². The number of hydrogen-bond acceptors (Lipinski definition) is 2. The first-order valence-corrected chi connectivity index (χ1v) is 5.54. The molecule has 0 aliphatic heterocycles. The van der Waals surface area contributed by atoms with Crippen LogP contribution >= 0.6 is 0 Å². The number of carbonyl (C=O) groups excluding carboxylic acids is 1. The van der Waals surface area contributed by atoms with Crippen LogP contribution in [0.3, 0.4) is 0 Å². The summed E-state index contributed by atoms with van der Waals surface area (Å²) in [5.74, 6) is 0.0933. The summed E-state index contributed by atoms with van der Waals surface area (Å²) in [7, 11) is 1.88. The van der Waals surface area contributed by atoms with E-state index in [2.05, 4.69) is 31.2 Å².